The molecule has 1 heterocycles. The number of aromatic nitrogens is 2. The summed E-state index contributed by atoms with van der Waals surface area (Å²) in [6, 6.07) is 0. The lowest BCUT2D eigenvalue weighted by Crippen LogP contribution is -2.25. The lowest BCUT2D eigenvalue weighted by atomic mass is 10.2. The van der Waals surface area contributed by atoms with Crippen molar-refractivity contribution in [1.29, 1.82) is 0 Å². The molecule has 1 rings (SSSR count). The van der Waals surface area contributed by atoms with Crippen LogP contribution in [0.15, 0.2) is 36.2 Å². The number of nitrogens with zero attached hydrogens (tertiary/aromatic N) is 2. The fourth-order valence-electron chi connectivity index (χ4n) is 1.39. The minimum absolute atomic E-state index is 0.140. The van der Waals surface area contributed by atoms with Gasteiger partial charge in [0.15, 0.2) is 11.5 Å². The highest BCUT2D eigenvalue weighted by molar-refractivity contribution is 5.96. The number of carbonyl (C=O) groups excluding carboxylic acids is 1. The molecule has 1 aromatic rings. The molecule has 18 heavy (non-hydrogen) atoms. The summed E-state index contributed by atoms with van der Waals surface area (Å²) >= 11 is 0. The van der Waals surface area contributed by atoms with Crippen molar-refractivity contribution in [2.24, 2.45) is 0 Å². The number of amides is 1. The second-order valence-electron chi connectivity index (χ2n) is 3.76. The van der Waals surface area contributed by atoms with Crippen LogP contribution in [0.4, 0.5) is 5.82 Å². The molecule has 0 aliphatic carbocycles. The summed E-state index contributed by atoms with van der Waals surface area (Å²) in [5.41, 5.74) is 6.88. The van der Waals surface area contributed by atoms with Gasteiger partial charge < -0.3 is 11.1 Å². The largest absolute Gasteiger partial charge is 0.382 e. The number of carbonyl (C=O) groups is 1. The van der Waals surface area contributed by atoms with Crippen LogP contribution in [0.25, 0.3) is 0 Å². The number of hydrogen-bond acceptors (Lipinski definition) is 4. The molecule has 0 aromatic carbocycles. The van der Waals surface area contributed by atoms with Gasteiger partial charge in [-0.15, -0.1) is 0 Å². The molecule has 0 spiro atoms. The van der Waals surface area contributed by atoms with E-state index in [0.717, 1.165) is 6.42 Å². The van der Waals surface area contributed by atoms with Gasteiger partial charge in [0.1, 0.15) is 0 Å². The maximum Gasteiger partial charge on any atom is 0.273 e. The Morgan fingerprint density at radius 1 is 1.44 bits per heavy atom. The molecule has 1 aromatic heterocycles. The highest BCUT2D eigenvalue weighted by Gasteiger charge is 2.09. The van der Waals surface area contributed by atoms with Crippen molar-refractivity contribution in [2.45, 2.75) is 20.3 Å². The number of anilines is 1. The SMILES string of the molecule is CC/C=C(C)/C=C\CNC(=O)c1nccnc1N. The molecule has 5 heteroatoms. The summed E-state index contributed by atoms with van der Waals surface area (Å²) in [6.07, 6.45) is 9.84. The Bertz CT molecular complexity index is 466. The molecule has 3 N–H and O–H groups in total. The molecular weight excluding hydrogens is 228 g/mol. The van der Waals surface area contributed by atoms with Gasteiger partial charge in [-0.3, -0.25) is 4.79 Å². The van der Waals surface area contributed by atoms with E-state index in [0.29, 0.717) is 6.54 Å². The van der Waals surface area contributed by atoms with Gasteiger partial charge in [0.2, 0.25) is 0 Å². The molecule has 0 aliphatic rings. The molecule has 0 bridgehead atoms. The van der Waals surface area contributed by atoms with Crippen LogP contribution in [-0.4, -0.2) is 22.4 Å². The van der Waals surface area contributed by atoms with E-state index in [4.69, 9.17) is 5.73 Å². The number of nitrogens with two attached hydrogens (primary N) is 1. The van der Waals surface area contributed by atoms with Crippen molar-refractivity contribution < 1.29 is 4.79 Å². The average Bonchev–Trinajstić information content (AvgIpc) is 2.35. The topological polar surface area (TPSA) is 80.9 Å². The summed E-state index contributed by atoms with van der Waals surface area (Å²) in [5, 5.41) is 2.70. The predicted molar refractivity (Wildman–Crippen MR) is 72.0 cm³/mol. The van der Waals surface area contributed by atoms with E-state index in [9.17, 15) is 4.79 Å². The van der Waals surface area contributed by atoms with Crippen LogP contribution in [0, 0.1) is 0 Å². The molecule has 0 saturated carbocycles. The summed E-state index contributed by atoms with van der Waals surface area (Å²) in [6.45, 7) is 4.53. The fraction of sp³-hybridized carbons (Fsp3) is 0.308. The monoisotopic (exact) mass is 246 g/mol. The number of nitrogen functional groups attached to an aromatic ring is 1. The Hall–Kier alpha value is -2.17. The molecule has 0 atom stereocenters. The van der Waals surface area contributed by atoms with Crippen LogP contribution in [0.3, 0.4) is 0 Å². The molecule has 5 nitrogen and oxygen atoms in total. The summed E-state index contributed by atoms with van der Waals surface area (Å²) in [7, 11) is 0. The Morgan fingerprint density at radius 3 is 2.83 bits per heavy atom. The van der Waals surface area contributed by atoms with Gasteiger partial charge >= 0.3 is 0 Å². The summed E-state index contributed by atoms with van der Waals surface area (Å²) in [5.74, 6) is -0.177. The van der Waals surface area contributed by atoms with Crippen LogP contribution in [-0.2, 0) is 0 Å². The molecular formula is C13H18N4O. The Balaban J connectivity index is 2.48. The minimum Gasteiger partial charge on any atom is -0.382 e. The standard InChI is InChI=1S/C13H18N4O/c1-3-5-10(2)6-4-7-17-13(18)11-12(14)16-9-8-15-11/h4-6,8-9H,3,7H2,1-2H3,(H2,14,16)(H,17,18)/b6-4-,10-5+. The smallest absolute Gasteiger partial charge is 0.273 e. The first kappa shape index (κ1) is 13.9. The van der Waals surface area contributed by atoms with Crippen LogP contribution in [0.5, 0.6) is 0 Å². The number of hydrogen-bond donors (Lipinski definition) is 2. The number of rotatable bonds is 5. The minimum atomic E-state index is -0.317. The Morgan fingerprint density at radius 2 is 2.17 bits per heavy atom. The van der Waals surface area contributed by atoms with Crippen molar-refractivity contribution in [1.82, 2.24) is 15.3 Å². The van der Waals surface area contributed by atoms with Crippen molar-refractivity contribution in [2.75, 3.05) is 12.3 Å². The highest BCUT2D eigenvalue weighted by Crippen LogP contribution is 2.02. The third kappa shape index (κ3) is 4.37. The molecule has 0 unspecified atom stereocenters. The normalized spacial score (nSPS) is 11.8. The van der Waals surface area contributed by atoms with E-state index in [1.54, 1.807) is 0 Å². The maximum absolute atomic E-state index is 11.7. The van der Waals surface area contributed by atoms with E-state index >= 15 is 0 Å². The van der Waals surface area contributed by atoms with Crippen LogP contribution in [0.2, 0.25) is 0 Å². The Kier molecular flexibility index (Phi) is 5.57. The lowest BCUT2D eigenvalue weighted by molar-refractivity contribution is 0.0953. The maximum atomic E-state index is 11.7. The second kappa shape index (κ2) is 7.21. The molecule has 0 aliphatic heterocycles. The van der Waals surface area contributed by atoms with Gasteiger partial charge in [0.25, 0.3) is 5.91 Å². The molecule has 0 saturated heterocycles. The van der Waals surface area contributed by atoms with Crippen LogP contribution < -0.4 is 11.1 Å². The van der Waals surface area contributed by atoms with E-state index in [2.05, 4.69) is 28.3 Å². The number of allylic oxidation sites excluding steroid dienone is 3. The van der Waals surface area contributed by atoms with Crippen molar-refractivity contribution in [3.63, 3.8) is 0 Å². The Labute approximate surface area is 107 Å². The van der Waals surface area contributed by atoms with E-state index in [1.165, 1.54) is 18.0 Å². The van der Waals surface area contributed by atoms with Crippen molar-refractivity contribution >= 4 is 11.7 Å². The second-order valence-corrected chi connectivity index (χ2v) is 3.76. The third-order valence-electron chi connectivity index (χ3n) is 2.23. The van der Waals surface area contributed by atoms with Crippen LogP contribution >= 0.6 is 0 Å². The predicted octanol–water partition coefficient (Wildman–Crippen LogP) is 1.70. The van der Waals surface area contributed by atoms with Crippen molar-refractivity contribution in [3.8, 4) is 0 Å². The van der Waals surface area contributed by atoms with Gasteiger partial charge in [0.05, 0.1) is 0 Å². The zero-order valence-corrected chi connectivity index (χ0v) is 10.7. The van der Waals surface area contributed by atoms with Gasteiger partial charge in [-0.2, -0.15) is 0 Å². The van der Waals surface area contributed by atoms with Gasteiger partial charge in [-0.1, -0.05) is 30.7 Å². The van der Waals surface area contributed by atoms with Crippen molar-refractivity contribution in [3.05, 3.63) is 41.9 Å². The fourth-order valence-corrected chi connectivity index (χ4v) is 1.39. The summed E-state index contributed by atoms with van der Waals surface area (Å²) in [4.78, 5) is 19.4. The lowest BCUT2D eigenvalue weighted by Gasteiger charge is -2.03. The summed E-state index contributed by atoms with van der Waals surface area (Å²) < 4.78 is 0. The van der Waals surface area contributed by atoms with Gasteiger partial charge in [-0.05, 0) is 13.3 Å². The van der Waals surface area contributed by atoms with E-state index in [-0.39, 0.29) is 17.4 Å². The first-order chi connectivity index (χ1) is 8.65. The zero-order chi connectivity index (χ0) is 13.4. The molecule has 96 valence electrons. The number of nitrogens with one attached hydrogen (secondary N) is 1. The quantitative estimate of drug-likeness (QED) is 0.775. The first-order valence-corrected chi connectivity index (χ1v) is 5.83. The van der Waals surface area contributed by atoms with Gasteiger partial charge in [-0.25, -0.2) is 9.97 Å². The third-order valence-corrected chi connectivity index (χ3v) is 2.23. The van der Waals surface area contributed by atoms with Crippen LogP contribution in [0.1, 0.15) is 30.8 Å². The highest BCUT2D eigenvalue weighted by atomic mass is 16.1. The van der Waals surface area contributed by atoms with E-state index in [1.807, 2.05) is 19.1 Å². The van der Waals surface area contributed by atoms with E-state index < -0.39 is 0 Å². The zero-order valence-electron chi connectivity index (χ0n) is 10.7. The first-order valence-electron chi connectivity index (χ1n) is 5.83. The molecule has 0 fully saturated rings. The average molecular weight is 246 g/mol. The molecule has 0 radical (unpaired) electrons. The van der Waals surface area contributed by atoms with Gasteiger partial charge in [0, 0.05) is 18.9 Å². The molecule has 1 amide bonds.